The predicted molar refractivity (Wildman–Crippen MR) is 168 cm³/mol. The van der Waals surface area contributed by atoms with Crippen LogP contribution in [-0.4, -0.2) is 124 Å². The summed E-state index contributed by atoms with van der Waals surface area (Å²) in [6, 6.07) is 15.7. The highest BCUT2D eigenvalue weighted by atomic mass is 32.2. The van der Waals surface area contributed by atoms with Crippen molar-refractivity contribution in [1.82, 2.24) is 10.6 Å². The summed E-state index contributed by atoms with van der Waals surface area (Å²) in [5.74, 6) is -0.400. The number of benzene rings is 2. The summed E-state index contributed by atoms with van der Waals surface area (Å²) < 4.78 is 16.3. The molecule has 0 spiro atoms. The summed E-state index contributed by atoms with van der Waals surface area (Å²) in [5.41, 5.74) is 2.72. The fraction of sp³-hybridized carbons (Fsp3) is 0.469. The van der Waals surface area contributed by atoms with Crippen molar-refractivity contribution in [2.24, 2.45) is 0 Å². The maximum Gasteiger partial charge on any atom is 0.346 e. The fourth-order valence-corrected chi connectivity index (χ4v) is 5.94. The van der Waals surface area contributed by atoms with E-state index in [1.165, 1.54) is 0 Å². The number of carbonyl (C=O) groups excluding carboxylic acids is 2. The third-order valence-corrected chi connectivity index (χ3v) is 8.43. The number of nitrogens with one attached hydrogen (secondary N) is 2. The maximum atomic E-state index is 12.6. The number of carboxylic acids is 1. The zero-order valence-electron chi connectivity index (χ0n) is 25.1. The van der Waals surface area contributed by atoms with Gasteiger partial charge >= 0.3 is 5.97 Å². The van der Waals surface area contributed by atoms with Crippen LogP contribution < -0.4 is 10.6 Å². The van der Waals surface area contributed by atoms with E-state index in [1.54, 1.807) is 12.1 Å². The molecule has 0 saturated carbocycles. The van der Waals surface area contributed by atoms with Gasteiger partial charge in [0, 0.05) is 18.7 Å². The van der Waals surface area contributed by atoms with Crippen LogP contribution in [0.15, 0.2) is 54.6 Å². The van der Waals surface area contributed by atoms with Crippen molar-refractivity contribution in [2.75, 3.05) is 45.3 Å². The molecular formula is C32H40N2O11S. The van der Waals surface area contributed by atoms with Gasteiger partial charge in [-0.3, -0.25) is 9.59 Å². The van der Waals surface area contributed by atoms with E-state index in [1.807, 2.05) is 42.5 Å². The summed E-state index contributed by atoms with van der Waals surface area (Å²) >= 11 is 0.799. The monoisotopic (exact) mass is 660 g/mol. The van der Waals surface area contributed by atoms with E-state index in [4.69, 9.17) is 20.6 Å². The first kappa shape index (κ1) is 36.9. The van der Waals surface area contributed by atoms with Crippen LogP contribution in [0.2, 0.25) is 0 Å². The molecule has 0 bridgehead atoms. The minimum atomic E-state index is -2.08. The molecule has 0 aromatic heterocycles. The number of hydrogen-bond donors (Lipinski definition) is 7. The van der Waals surface area contributed by atoms with Crippen molar-refractivity contribution >= 4 is 29.5 Å². The minimum absolute atomic E-state index is 0.0113. The second kappa shape index (κ2) is 18.6. The molecule has 3 rings (SSSR count). The molecule has 250 valence electrons. The lowest BCUT2D eigenvalue weighted by Crippen LogP contribution is -2.67. The Morgan fingerprint density at radius 3 is 2.35 bits per heavy atom. The van der Waals surface area contributed by atoms with Gasteiger partial charge in [0.1, 0.15) is 25.4 Å². The van der Waals surface area contributed by atoms with Gasteiger partial charge in [0.15, 0.2) is 0 Å². The highest BCUT2D eigenvalue weighted by Crippen LogP contribution is 2.40. The molecule has 2 amide bonds. The molecular weight excluding hydrogens is 620 g/mol. The van der Waals surface area contributed by atoms with Gasteiger partial charge in [-0.05, 0) is 16.7 Å². The zero-order chi connectivity index (χ0) is 33.5. The molecule has 7 N–H and O–H groups in total. The van der Waals surface area contributed by atoms with Crippen LogP contribution in [-0.2, 0) is 35.0 Å². The van der Waals surface area contributed by atoms with Gasteiger partial charge in [0.2, 0.25) is 16.7 Å². The summed E-state index contributed by atoms with van der Waals surface area (Å²) in [4.78, 5) is 35.0. The summed E-state index contributed by atoms with van der Waals surface area (Å²) in [6.07, 6.45) is -2.14. The molecule has 2 aromatic carbocycles. The Balaban J connectivity index is 1.62. The first-order valence-corrected chi connectivity index (χ1v) is 15.6. The average Bonchev–Trinajstić information content (AvgIpc) is 3.06. The van der Waals surface area contributed by atoms with Crippen molar-refractivity contribution in [3.63, 3.8) is 0 Å². The van der Waals surface area contributed by atoms with Crippen LogP contribution in [0.1, 0.15) is 12.0 Å². The Bertz CT molecular complexity index is 1310. The second-order valence-corrected chi connectivity index (χ2v) is 11.8. The number of carboxylic acid groups (broad SMARTS) is 1. The number of thioether (sulfide) groups is 1. The molecule has 13 nitrogen and oxygen atoms in total. The van der Waals surface area contributed by atoms with E-state index in [9.17, 15) is 39.9 Å². The number of rotatable bonds is 18. The number of carbonyl (C=O) groups is 3. The zero-order valence-corrected chi connectivity index (χ0v) is 25.9. The van der Waals surface area contributed by atoms with Crippen LogP contribution >= 0.6 is 11.8 Å². The van der Waals surface area contributed by atoms with Gasteiger partial charge in [-0.15, -0.1) is 18.2 Å². The molecule has 0 radical (unpaired) electrons. The van der Waals surface area contributed by atoms with E-state index in [0.717, 1.165) is 22.9 Å². The number of aliphatic hydroxyl groups excluding tert-OH is 4. The van der Waals surface area contributed by atoms with Gasteiger partial charge in [0.25, 0.3) is 0 Å². The maximum absolute atomic E-state index is 12.6. The molecule has 1 heterocycles. The van der Waals surface area contributed by atoms with E-state index in [2.05, 4.69) is 16.6 Å². The topological polar surface area (TPSA) is 204 Å². The Hall–Kier alpha value is -3.52. The molecule has 0 unspecified atom stereocenters. The normalized spacial score (nSPS) is 22.3. The molecule has 1 aliphatic heterocycles. The number of aliphatic carboxylic acids is 1. The highest BCUT2D eigenvalue weighted by molar-refractivity contribution is 8.01. The molecule has 0 aliphatic carbocycles. The van der Waals surface area contributed by atoms with Crippen LogP contribution in [0.4, 0.5) is 0 Å². The van der Waals surface area contributed by atoms with E-state index in [-0.39, 0.29) is 38.6 Å². The first-order chi connectivity index (χ1) is 22.1. The van der Waals surface area contributed by atoms with Gasteiger partial charge in [-0.2, -0.15) is 0 Å². The van der Waals surface area contributed by atoms with E-state index < -0.39 is 72.7 Å². The van der Waals surface area contributed by atoms with Gasteiger partial charge < -0.3 is 50.4 Å². The Morgan fingerprint density at radius 2 is 1.70 bits per heavy atom. The average molecular weight is 661 g/mol. The Morgan fingerprint density at radius 1 is 1.02 bits per heavy atom. The number of terminal acetylenes is 1. The van der Waals surface area contributed by atoms with E-state index >= 15 is 0 Å². The fourth-order valence-electron chi connectivity index (χ4n) is 4.82. The van der Waals surface area contributed by atoms with Gasteiger partial charge in [-0.1, -0.05) is 60.5 Å². The van der Waals surface area contributed by atoms with Gasteiger partial charge in [-0.25, -0.2) is 4.79 Å². The van der Waals surface area contributed by atoms with Crippen molar-refractivity contribution < 1.29 is 54.1 Å². The van der Waals surface area contributed by atoms with Crippen molar-refractivity contribution in [1.29, 1.82) is 0 Å². The summed E-state index contributed by atoms with van der Waals surface area (Å²) in [5, 5.41) is 57.0. The molecule has 6 atom stereocenters. The molecule has 2 aromatic rings. The predicted octanol–water partition coefficient (Wildman–Crippen LogP) is -0.458. The molecule has 1 saturated heterocycles. The standard InChI is InChI=1S/C32H40N2O11S/c1-2-12-43-13-14-44-15-16-46-32(31(41)42)18-24(36)28(34-27(39)20-35)30(45-32)29(40)25(37)19-33-26(38)17-21-8-10-23(11-9-21)22-6-4-3-5-7-22/h1,3-11,24-25,28-30,35-37,40H,12-20H2,(H,33,38)(H,34,39)(H,41,42)/t24-,25+,28+,29+,30+,32-/m0/s1. The first-order valence-electron chi connectivity index (χ1n) is 14.6. The SMILES string of the molecule is C#CCOCCOCCS[C@]1(C(=O)O)C[C@H](O)[C@@H](NC(=O)CO)[C@H]([C@H](O)[C@H](O)CNC(=O)Cc2ccc(-c3ccccc3)cc2)O1. The third-order valence-electron chi connectivity index (χ3n) is 7.16. The summed E-state index contributed by atoms with van der Waals surface area (Å²) in [6.45, 7) is -0.717. The number of amides is 2. The Labute approximate surface area is 271 Å². The molecule has 1 fully saturated rings. The van der Waals surface area contributed by atoms with Crippen LogP contribution in [0.3, 0.4) is 0 Å². The third kappa shape index (κ3) is 10.8. The van der Waals surface area contributed by atoms with Crippen molar-refractivity contribution in [2.45, 2.75) is 48.2 Å². The number of ether oxygens (including phenoxy) is 3. The van der Waals surface area contributed by atoms with Gasteiger partial charge in [0.05, 0.1) is 44.5 Å². The van der Waals surface area contributed by atoms with Crippen molar-refractivity contribution in [3.8, 4) is 23.5 Å². The lowest BCUT2D eigenvalue weighted by atomic mass is 9.89. The lowest BCUT2D eigenvalue weighted by molar-refractivity contribution is -0.203. The molecule has 1 aliphatic rings. The van der Waals surface area contributed by atoms with Crippen molar-refractivity contribution in [3.05, 3.63) is 60.2 Å². The Kier molecular flexibility index (Phi) is 14.9. The van der Waals surface area contributed by atoms with Crippen LogP contribution in [0.25, 0.3) is 11.1 Å². The smallest absolute Gasteiger partial charge is 0.346 e. The largest absolute Gasteiger partial charge is 0.478 e. The van der Waals surface area contributed by atoms with Crippen LogP contribution in [0.5, 0.6) is 0 Å². The highest BCUT2D eigenvalue weighted by Gasteiger charge is 2.55. The quantitative estimate of drug-likeness (QED) is 0.0802. The lowest BCUT2D eigenvalue weighted by Gasteiger charge is -2.46. The van der Waals surface area contributed by atoms with Crippen LogP contribution in [0, 0.1) is 12.3 Å². The minimum Gasteiger partial charge on any atom is -0.478 e. The number of hydrogen-bond acceptors (Lipinski definition) is 11. The van der Waals surface area contributed by atoms with E-state index in [0.29, 0.717) is 5.56 Å². The molecule has 46 heavy (non-hydrogen) atoms. The summed E-state index contributed by atoms with van der Waals surface area (Å²) in [7, 11) is 0. The second-order valence-electron chi connectivity index (χ2n) is 10.5. The molecule has 14 heteroatoms. The number of aliphatic hydroxyl groups is 4.